The van der Waals surface area contributed by atoms with E-state index in [0.717, 1.165) is 26.5 Å². The molecule has 162 valence electrons. The number of rotatable bonds is 14. The van der Waals surface area contributed by atoms with E-state index in [4.69, 9.17) is 14.6 Å². The third-order valence-corrected chi connectivity index (χ3v) is 4.50. The lowest BCUT2D eigenvalue weighted by molar-refractivity contribution is 0.115. The summed E-state index contributed by atoms with van der Waals surface area (Å²) in [5.74, 6) is 0. The molecule has 0 aliphatic heterocycles. The van der Waals surface area contributed by atoms with Crippen LogP contribution in [-0.4, -0.2) is 62.3 Å². The first-order valence-corrected chi connectivity index (χ1v) is 10.4. The van der Waals surface area contributed by atoms with E-state index in [1.165, 1.54) is 0 Å². The van der Waals surface area contributed by atoms with E-state index in [9.17, 15) is 14.4 Å². The van der Waals surface area contributed by atoms with Gasteiger partial charge in [-0.1, -0.05) is 13.8 Å². The molecule has 1 aromatic heterocycles. The van der Waals surface area contributed by atoms with Crippen LogP contribution in [-0.2, 0) is 29.1 Å². The van der Waals surface area contributed by atoms with Crippen molar-refractivity contribution < 1.29 is 14.6 Å². The van der Waals surface area contributed by atoms with E-state index in [2.05, 4.69) is 25.3 Å². The first-order chi connectivity index (χ1) is 13.3. The molecular weight excluding hydrogens is 406 g/mol. The largest absolute Gasteiger partial charge is 0.395 e. The van der Waals surface area contributed by atoms with Gasteiger partial charge in [-0.15, -0.1) is 0 Å². The van der Waals surface area contributed by atoms with Gasteiger partial charge in [0, 0.05) is 23.7 Å². The first kappa shape index (κ1) is 25.0. The van der Waals surface area contributed by atoms with Crippen LogP contribution in [0.25, 0.3) is 0 Å². The predicted molar refractivity (Wildman–Crippen MR) is 114 cm³/mol. The summed E-state index contributed by atoms with van der Waals surface area (Å²) >= 11 is 8.51. The average molecular weight is 438 g/mol. The Kier molecular flexibility index (Phi) is 11.8. The van der Waals surface area contributed by atoms with Crippen LogP contribution in [0.4, 0.5) is 0 Å². The van der Waals surface area contributed by atoms with Crippen molar-refractivity contribution in [3.05, 3.63) is 31.5 Å². The topological polar surface area (TPSA) is 105 Å². The molecule has 2 atom stereocenters. The highest BCUT2D eigenvalue weighted by Gasteiger charge is 2.15. The highest BCUT2D eigenvalue weighted by Crippen LogP contribution is 1.99. The van der Waals surface area contributed by atoms with Crippen molar-refractivity contribution >= 4 is 25.3 Å². The van der Waals surface area contributed by atoms with Crippen LogP contribution in [0.3, 0.4) is 0 Å². The number of aliphatic hydroxyl groups excluding tert-OH is 1. The zero-order chi connectivity index (χ0) is 21.1. The fourth-order valence-electron chi connectivity index (χ4n) is 2.38. The third kappa shape index (κ3) is 8.16. The molecule has 0 bridgehead atoms. The van der Waals surface area contributed by atoms with E-state index in [1.807, 2.05) is 13.8 Å². The highest BCUT2D eigenvalue weighted by atomic mass is 32.1. The van der Waals surface area contributed by atoms with Crippen molar-refractivity contribution in [2.24, 2.45) is 0 Å². The van der Waals surface area contributed by atoms with Crippen molar-refractivity contribution in [3.8, 4) is 0 Å². The van der Waals surface area contributed by atoms with Gasteiger partial charge in [-0.3, -0.25) is 0 Å². The van der Waals surface area contributed by atoms with Gasteiger partial charge in [-0.25, -0.2) is 28.1 Å². The zero-order valence-electron chi connectivity index (χ0n) is 16.5. The molecule has 0 fully saturated rings. The van der Waals surface area contributed by atoms with Gasteiger partial charge in [0.15, 0.2) is 0 Å². The Balaban J connectivity index is 2.92. The fourth-order valence-corrected chi connectivity index (χ4v) is 2.59. The van der Waals surface area contributed by atoms with Crippen molar-refractivity contribution in [1.29, 1.82) is 0 Å². The van der Waals surface area contributed by atoms with Gasteiger partial charge in [0.1, 0.15) is 0 Å². The zero-order valence-corrected chi connectivity index (χ0v) is 18.2. The molecule has 1 N–H and O–H groups in total. The van der Waals surface area contributed by atoms with Crippen molar-refractivity contribution in [3.63, 3.8) is 0 Å². The third-order valence-electron chi connectivity index (χ3n) is 3.99. The summed E-state index contributed by atoms with van der Waals surface area (Å²) in [6.45, 7) is 4.58. The Morgan fingerprint density at radius 3 is 1.43 bits per heavy atom. The average Bonchev–Trinajstić information content (AvgIpc) is 2.62. The molecule has 0 saturated heterocycles. The molecule has 0 aliphatic carbocycles. The van der Waals surface area contributed by atoms with Gasteiger partial charge in [0.05, 0.1) is 39.5 Å². The Morgan fingerprint density at radius 2 is 1.11 bits per heavy atom. The molecule has 0 spiro atoms. The van der Waals surface area contributed by atoms with E-state index >= 15 is 0 Å². The number of aliphatic hydroxyl groups is 1. The minimum absolute atomic E-state index is 0.0162. The SMILES string of the molecule is CC(S)CCOCCn1c(=O)n(CCO)c(=O)n(CCOCCC(C)S)c1=O. The van der Waals surface area contributed by atoms with Crippen LogP contribution in [0, 0.1) is 0 Å². The molecule has 0 aliphatic rings. The van der Waals surface area contributed by atoms with Gasteiger partial charge in [0.2, 0.25) is 0 Å². The van der Waals surface area contributed by atoms with Crippen LogP contribution in [0.1, 0.15) is 26.7 Å². The van der Waals surface area contributed by atoms with E-state index in [0.29, 0.717) is 13.2 Å². The summed E-state index contributed by atoms with van der Waals surface area (Å²) in [6.07, 6.45) is 1.49. The van der Waals surface area contributed by atoms with E-state index in [-0.39, 0.29) is 50.0 Å². The first-order valence-electron chi connectivity index (χ1n) is 9.36. The Labute approximate surface area is 175 Å². The molecule has 0 radical (unpaired) electrons. The van der Waals surface area contributed by atoms with Gasteiger partial charge in [-0.2, -0.15) is 25.3 Å². The van der Waals surface area contributed by atoms with Crippen LogP contribution in [0.5, 0.6) is 0 Å². The summed E-state index contributed by atoms with van der Waals surface area (Å²) in [6, 6.07) is 0. The number of hydrogen-bond donors (Lipinski definition) is 3. The lowest BCUT2D eigenvalue weighted by Crippen LogP contribution is -2.55. The summed E-state index contributed by atoms with van der Waals surface area (Å²) in [5, 5.41) is 9.54. The minimum Gasteiger partial charge on any atom is -0.395 e. The second-order valence-corrected chi connectivity index (χ2v) is 8.29. The fraction of sp³-hybridized carbons (Fsp3) is 0.824. The smallest absolute Gasteiger partial charge is 0.336 e. The molecular formula is C17H31N3O6S2. The van der Waals surface area contributed by atoms with Crippen molar-refractivity contribution in [2.45, 2.75) is 56.8 Å². The molecule has 11 heteroatoms. The highest BCUT2D eigenvalue weighted by molar-refractivity contribution is 7.81. The van der Waals surface area contributed by atoms with Crippen LogP contribution >= 0.6 is 25.3 Å². The van der Waals surface area contributed by atoms with Gasteiger partial charge >= 0.3 is 17.1 Å². The van der Waals surface area contributed by atoms with Crippen molar-refractivity contribution in [1.82, 2.24) is 13.7 Å². The van der Waals surface area contributed by atoms with Crippen molar-refractivity contribution in [2.75, 3.05) is 33.0 Å². The number of ether oxygens (including phenoxy) is 2. The molecule has 1 aromatic rings. The molecule has 0 aromatic carbocycles. The molecule has 1 heterocycles. The van der Waals surface area contributed by atoms with Crippen LogP contribution in [0.2, 0.25) is 0 Å². The van der Waals surface area contributed by atoms with Gasteiger partial charge < -0.3 is 14.6 Å². The number of aromatic nitrogens is 3. The lowest BCUT2D eigenvalue weighted by atomic mass is 10.3. The van der Waals surface area contributed by atoms with Gasteiger partial charge in [0.25, 0.3) is 0 Å². The molecule has 1 rings (SSSR count). The predicted octanol–water partition coefficient (Wildman–Crippen LogP) is -0.386. The quantitative estimate of drug-likeness (QED) is 0.271. The van der Waals surface area contributed by atoms with Gasteiger partial charge in [-0.05, 0) is 12.8 Å². The molecule has 28 heavy (non-hydrogen) atoms. The summed E-state index contributed by atoms with van der Waals surface area (Å²) < 4.78 is 13.6. The second kappa shape index (κ2) is 13.3. The van der Waals surface area contributed by atoms with Crippen LogP contribution in [0.15, 0.2) is 14.4 Å². The normalized spacial score (nSPS) is 13.6. The van der Waals surface area contributed by atoms with Crippen LogP contribution < -0.4 is 17.1 Å². The summed E-state index contributed by atoms with van der Waals surface area (Å²) in [7, 11) is 0. The molecule has 2 unspecified atom stereocenters. The standard InChI is InChI=1S/C17H31N3O6S2/c1-13(27)3-9-25-11-6-19-15(22)18(5-8-21)16(23)20(17(19)24)7-12-26-10-4-14(2)28/h13-14,21,27-28H,3-12H2,1-2H3. The maximum Gasteiger partial charge on any atom is 0.336 e. The second-order valence-electron chi connectivity index (χ2n) is 6.53. The Morgan fingerprint density at radius 1 is 0.750 bits per heavy atom. The summed E-state index contributed by atoms with van der Waals surface area (Å²) in [5.41, 5.74) is -2.21. The molecule has 0 saturated carbocycles. The molecule has 0 amide bonds. The maximum atomic E-state index is 12.6. The summed E-state index contributed by atoms with van der Waals surface area (Å²) in [4.78, 5) is 37.6. The Bertz CT molecular complexity index is 700. The monoisotopic (exact) mass is 437 g/mol. The maximum absolute atomic E-state index is 12.6. The van der Waals surface area contributed by atoms with E-state index in [1.54, 1.807) is 0 Å². The number of nitrogens with zero attached hydrogens (tertiary/aromatic N) is 3. The number of thiol groups is 2. The molecule has 9 nitrogen and oxygen atoms in total. The van der Waals surface area contributed by atoms with E-state index < -0.39 is 17.1 Å². The minimum atomic E-state index is -0.753. The lowest BCUT2D eigenvalue weighted by Gasteiger charge is -2.14. The number of hydrogen-bond acceptors (Lipinski definition) is 8. The Hall–Kier alpha value is -1.01.